The van der Waals surface area contributed by atoms with Crippen LogP contribution in [0.4, 0.5) is 4.39 Å². The van der Waals surface area contributed by atoms with E-state index in [0.29, 0.717) is 28.1 Å². The topological polar surface area (TPSA) is 73.3 Å². The van der Waals surface area contributed by atoms with Crippen molar-refractivity contribution >= 4 is 40.0 Å². The molecule has 3 aromatic rings. The summed E-state index contributed by atoms with van der Waals surface area (Å²) in [5.74, 6) is 0.526. The van der Waals surface area contributed by atoms with Gasteiger partial charge in [0.15, 0.2) is 16.5 Å². The summed E-state index contributed by atoms with van der Waals surface area (Å²) in [6, 6.07) is 11.3. The summed E-state index contributed by atoms with van der Waals surface area (Å²) < 4.78 is 23.8. The Bertz CT molecular complexity index is 1050. The molecule has 30 heavy (non-hydrogen) atoms. The van der Waals surface area contributed by atoms with Crippen LogP contribution in [-0.2, 0) is 6.54 Å². The molecule has 6 nitrogen and oxygen atoms in total. The number of benzene rings is 2. The summed E-state index contributed by atoms with van der Waals surface area (Å²) in [4.78, 5) is 12.3. The van der Waals surface area contributed by atoms with E-state index in [9.17, 15) is 9.18 Å². The van der Waals surface area contributed by atoms with Gasteiger partial charge in [-0.05, 0) is 48.4 Å². The fourth-order valence-electron chi connectivity index (χ4n) is 2.53. The number of aromatic nitrogens is 2. The first-order chi connectivity index (χ1) is 14.5. The summed E-state index contributed by atoms with van der Waals surface area (Å²) in [6.45, 7) is 2.65. The highest BCUT2D eigenvalue weighted by Gasteiger charge is 2.15. The molecule has 0 aliphatic carbocycles. The molecule has 1 aromatic heterocycles. The number of hydrogen-bond donors (Lipinski definition) is 1. The van der Waals surface area contributed by atoms with Crippen molar-refractivity contribution in [2.75, 3.05) is 13.7 Å². The molecule has 0 bridgehead atoms. The zero-order chi connectivity index (χ0) is 21.5. The predicted molar refractivity (Wildman–Crippen MR) is 115 cm³/mol. The van der Waals surface area contributed by atoms with Crippen LogP contribution in [0.2, 0.25) is 0 Å². The molecule has 0 spiro atoms. The van der Waals surface area contributed by atoms with Gasteiger partial charge in [0.2, 0.25) is 5.01 Å². The highest BCUT2D eigenvalue weighted by atomic mass is 35.5. The Kier molecular flexibility index (Phi) is 7.37. The van der Waals surface area contributed by atoms with Crippen LogP contribution < -0.4 is 14.8 Å². The van der Waals surface area contributed by atoms with Crippen LogP contribution in [0.25, 0.3) is 11.1 Å². The van der Waals surface area contributed by atoms with E-state index in [0.717, 1.165) is 22.5 Å². The van der Waals surface area contributed by atoms with E-state index in [2.05, 4.69) is 15.5 Å². The minimum absolute atomic E-state index is 0.184. The summed E-state index contributed by atoms with van der Waals surface area (Å²) in [7, 11) is 1.57. The molecule has 0 atom stereocenters. The van der Waals surface area contributed by atoms with E-state index in [-0.39, 0.29) is 23.3 Å². The van der Waals surface area contributed by atoms with Crippen molar-refractivity contribution in [2.45, 2.75) is 13.5 Å². The lowest BCUT2D eigenvalue weighted by atomic mass is 10.2. The first kappa shape index (κ1) is 21.7. The van der Waals surface area contributed by atoms with E-state index in [1.807, 2.05) is 19.1 Å². The molecule has 1 heterocycles. The van der Waals surface area contributed by atoms with E-state index < -0.39 is 0 Å². The lowest BCUT2D eigenvalue weighted by molar-refractivity contribution is 0.0950. The molecular formula is C21H19ClFN3O3S. The molecule has 0 fully saturated rings. The zero-order valence-corrected chi connectivity index (χ0v) is 17.9. The van der Waals surface area contributed by atoms with Gasteiger partial charge in [0, 0.05) is 6.54 Å². The van der Waals surface area contributed by atoms with Crippen LogP contribution in [0.1, 0.15) is 32.9 Å². The second kappa shape index (κ2) is 10.2. The molecule has 0 radical (unpaired) electrons. The fourth-order valence-corrected chi connectivity index (χ4v) is 3.48. The molecule has 0 unspecified atom stereocenters. The lowest BCUT2D eigenvalue weighted by Crippen LogP contribution is -2.22. The van der Waals surface area contributed by atoms with Gasteiger partial charge in [-0.15, -0.1) is 10.2 Å². The largest absolute Gasteiger partial charge is 0.493 e. The average Bonchev–Trinajstić information content (AvgIpc) is 3.24. The van der Waals surface area contributed by atoms with Crippen LogP contribution >= 0.6 is 22.9 Å². The molecule has 0 saturated carbocycles. The molecule has 0 aliphatic heterocycles. The highest BCUT2D eigenvalue weighted by molar-refractivity contribution is 7.15. The third-order valence-electron chi connectivity index (χ3n) is 3.97. The van der Waals surface area contributed by atoms with E-state index >= 15 is 0 Å². The molecule has 1 amide bonds. The maximum Gasteiger partial charge on any atom is 0.282 e. The van der Waals surface area contributed by atoms with E-state index in [1.54, 1.807) is 31.4 Å². The maximum atomic E-state index is 12.9. The third kappa shape index (κ3) is 5.55. The lowest BCUT2D eigenvalue weighted by Gasteiger charge is -2.09. The van der Waals surface area contributed by atoms with Gasteiger partial charge in [0.05, 0.1) is 18.7 Å². The molecular weight excluding hydrogens is 429 g/mol. The summed E-state index contributed by atoms with van der Waals surface area (Å²) in [5.41, 5.74) is 1.57. The van der Waals surface area contributed by atoms with Gasteiger partial charge in [-0.25, -0.2) is 4.39 Å². The SMILES string of the molecule is CCOc1cc(/C=C(\Cl)c2nnc(C(=O)NCc3ccc(F)cc3)s2)ccc1OC. The van der Waals surface area contributed by atoms with Gasteiger partial charge in [-0.2, -0.15) is 0 Å². The van der Waals surface area contributed by atoms with Crippen molar-refractivity contribution in [3.8, 4) is 11.5 Å². The van der Waals surface area contributed by atoms with Gasteiger partial charge in [-0.3, -0.25) is 4.79 Å². The normalized spacial score (nSPS) is 11.3. The van der Waals surface area contributed by atoms with Gasteiger partial charge in [-0.1, -0.05) is 41.1 Å². The zero-order valence-electron chi connectivity index (χ0n) is 16.3. The molecule has 0 aliphatic rings. The number of ether oxygens (including phenoxy) is 2. The minimum Gasteiger partial charge on any atom is -0.493 e. The van der Waals surface area contributed by atoms with Crippen molar-refractivity contribution < 1.29 is 18.7 Å². The number of nitrogens with zero attached hydrogens (tertiary/aromatic N) is 2. The predicted octanol–water partition coefficient (Wildman–Crippen LogP) is 4.75. The maximum absolute atomic E-state index is 12.9. The Morgan fingerprint density at radius 3 is 2.60 bits per heavy atom. The van der Waals surface area contributed by atoms with Gasteiger partial charge < -0.3 is 14.8 Å². The van der Waals surface area contributed by atoms with Crippen LogP contribution in [0.15, 0.2) is 42.5 Å². The fraction of sp³-hybridized carbons (Fsp3) is 0.190. The Morgan fingerprint density at radius 1 is 1.17 bits per heavy atom. The van der Waals surface area contributed by atoms with E-state index in [1.165, 1.54) is 12.1 Å². The van der Waals surface area contributed by atoms with E-state index in [4.69, 9.17) is 21.1 Å². The number of rotatable bonds is 8. The van der Waals surface area contributed by atoms with Crippen molar-refractivity contribution in [1.29, 1.82) is 0 Å². The van der Waals surface area contributed by atoms with Crippen molar-refractivity contribution in [2.24, 2.45) is 0 Å². The molecule has 9 heteroatoms. The monoisotopic (exact) mass is 447 g/mol. The van der Waals surface area contributed by atoms with Gasteiger partial charge in [0.25, 0.3) is 5.91 Å². The number of hydrogen-bond acceptors (Lipinski definition) is 6. The number of carbonyl (C=O) groups excluding carboxylic acids is 1. The summed E-state index contributed by atoms with van der Waals surface area (Å²) in [6.07, 6.45) is 1.71. The van der Waals surface area contributed by atoms with Crippen molar-refractivity contribution in [3.63, 3.8) is 0 Å². The number of amides is 1. The minimum atomic E-state index is -0.379. The molecule has 3 rings (SSSR count). The standard InChI is InChI=1S/C21H19ClFN3O3S/c1-3-29-18-11-14(6-9-17(18)28-2)10-16(22)20-25-26-21(30-20)19(27)24-12-13-4-7-15(23)8-5-13/h4-11H,3,12H2,1-2H3,(H,24,27)/b16-10-. The highest BCUT2D eigenvalue weighted by Crippen LogP contribution is 2.31. The molecule has 1 N–H and O–H groups in total. The quantitative estimate of drug-likeness (QED) is 0.539. The molecule has 156 valence electrons. The van der Waals surface area contributed by atoms with Gasteiger partial charge >= 0.3 is 0 Å². The average molecular weight is 448 g/mol. The Morgan fingerprint density at radius 2 is 1.90 bits per heavy atom. The second-order valence-electron chi connectivity index (χ2n) is 6.06. The Labute approximate surface area is 182 Å². The van der Waals surface area contributed by atoms with Crippen LogP contribution in [0.3, 0.4) is 0 Å². The summed E-state index contributed by atoms with van der Waals surface area (Å²) >= 11 is 7.46. The first-order valence-electron chi connectivity index (χ1n) is 9.04. The van der Waals surface area contributed by atoms with Crippen LogP contribution in [0, 0.1) is 5.82 Å². The van der Waals surface area contributed by atoms with Crippen LogP contribution in [-0.4, -0.2) is 29.8 Å². The number of methoxy groups -OCH3 is 1. The third-order valence-corrected chi connectivity index (χ3v) is 5.33. The number of halogens is 2. The first-order valence-corrected chi connectivity index (χ1v) is 10.2. The van der Waals surface area contributed by atoms with Crippen LogP contribution in [0.5, 0.6) is 11.5 Å². The Hall–Kier alpha value is -2.97. The summed E-state index contributed by atoms with van der Waals surface area (Å²) in [5, 5.41) is 11.6. The van der Waals surface area contributed by atoms with Crippen molar-refractivity contribution in [1.82, 2.24) is 15.5 Å². The van der Waals surface area contributed by atoms with Crippen molar-refractivity contribution in [3.05, 3.63) is 69.4 Å². The number of carbonyl (C=O) groups is 1. The second-order valence-corrected chi connectivity index (χ2v) is 7.44. The Balaban J connectivity index is 1.69. The molecule has 0 saturated heterocycles. The smallest absolute Gasteiger partial charge is 0.282 e. The number of nitrogens with one attached hydrogen (secondary N) is 1. The van der Waals surface area contributed by atoms with Gasteiger partial charge in [0.1, 0.15) is 5.82 Å². The molecule has 2 aromatic carbocycles.